The smallest absolute Gasteiger partial charge is 0.260 e. The second kappa shape index (κ2) is 7.38. The Balaban J connectivity index is 2.25. The fourth-order valence-electron chi connectivity index (χ4n) is 2.94. The van der Waals surface area contributed by atoms with Crippen LogP contribution in [0, 0.1) is 0 Å². The molecule has 120 valence electrons. The highest BCUT2D eigenvalue weighted by Gasteiger charge is 2.35. The molecule has 0 amide bonds. The Kier molecular flexibility index (Phi) is 5.78. The summed E-state index contributed by atoms with van der Waals surface area (Å²) in [6.45, 7) is 6.04. The summed E-state index contributed by atoms with van der Waals surface area (Å²) >= 11 is 0. The van der Waals surface area contributed by atoms with Crippen LogP contribution in [-0.2, 0) is 16.6 Å². The van der Waals surface area contributed by atoms with Crippen LogP contribution >= 0.6 is 0 Å². The van der Waals surface area contributed by atoms with Crippen molar-refractivity contribution in [1.82, 2.24) is 19.8 Å². The van der Waals surface area contributed by atoms with E-state index in [-0.39, 0.29) is 11.1 Å². The molecule has 1 aliphatic heterocycles. The molecule has 2 heterocycles. The Morgan fingerprint density at radius 1 is 1.43 bits per heavy atom. The van der Waals surface area contributed by atoms with Gasteiger partial charge in [0.25, 0.3) is 10.0 Å². The van der Waals surface area contributed by atoms with Crippen molar-refractivity contribution in [1.29, 1.82) is 0 Å². The SMILES string of the molecule is CCCC1CCCCN1S(=O)(=O)c1[nH]ncc1CNCC. The lowest BCUT2D eigenvalue weighted by molar-refractivity contribution is 0.239. The summed E-state index contributed by atoms with van der Waals surface area (Å²) in [5.74, 6) is 0. The van der Waals surface area contributed by atoms with Gasteiger partial charge in [-0.3, -0.25) is 5.10 Å². The first-order valence-corrected chi connectivity index (χ1v) is 9.30. The summed E-state index contributed by atoms with van der Waals surface area (Å²) in [5.41, 5.74) is 0.720. The van der Waals surface area contributed by atoms with Gasteiger partial charge in [0, 0.05) is 24.7 Å². The van der Waals surface area contributed by atoms with Gasteiger partial charge in [-0.25, -0.2) is 8.42 Å². The molecule has 2 N–H and O–H groups in total. The normalized spacial score (nSPS) is 20.8. The quantitative estimate of drug-likeness (QED) is 0.805. The van der Waals surface area contributed by atoms with Crippen LogP contribution in [0.25, 0.3) is 0 Å². The molecule has 1 fully saturated rings. The number of aromatic amines is 1. The largest absolute Gasteiger partial charge is 0.313 e. The Hall–Kier alpha value is -0.920. The van der Waals surface area contributed by atoms with Crippen LogP contribution in [-0.4, -0.2) is 42.1 Å². The predicted molar refractivity (Wildman–Crippen MR) is 82.4 cm³/mol. The van der Waals surface area contributed by atoms with Crippen molar-refractivity contribution in [2.24, 2.45) is 0 Å². The van der Waals surface area contributed by atoms with Crippen molar-refractivity contribution in [3.8, 4) is 0 Å². The minimum atomic E-state index is -3.48. The van der Waals surface area contributed by atoms with Crippen molar-refractivity contribution in [3.05, 3.63) is 11.8 Å². The van der Waals surface area contributed by atoms with Crippen molar-refractivity contribution < 1.29 is 8.42 Å². The summed E-state index contributed by atoms with van der Waals surface area (Å²) in [6, 6.07) is 0.129. The van der Waals surface area contributed by atoms with Crippen molar-refractivity contribution in [2.45, 2.75) is 63.6 Å². The minimum absolute atomic E-state index is 0.129. The van der Waals surface area contributed by atoms with E-state index in [1.807, 2.05) is 6.92 Å². The van der Waals surface area contributed by atoms with Gasteiger partial charge in [0.05, 0.1) is 6.20 Å². The summed E-state index contributed by atoms with van der Waals surface area (Å²) in [6.07, 6.45) is 6.55. The molecule has 1 unspecified atom stereocenters. The molecule has 1 atom stereocenters. The van der Waals surface area contributed by atoms with E-state index < -0.39 is 10.0 Å². The molecule has 1 aromatic rings. The van der Waals surface area contributed by atoms with Crippen molar-refractivity contribution in [3.63, 3.8) is 0 Å². The molecule has 1 aromatic heterocycles. The Bertz CT molecular complexity index is 539. The third-order valence-corrected chi connectivity index (χ3v) is 5.97. The average molecular weight is 314 g/mol. The van der Waals surface area contributed by atoms with Crippen LogP contribution in [0.2, 0.25) is 0 Å². The van der Waals surface area contributed by atoms with Gasteiger partial charge < -0.3 is 5.32 Å². The molecule has 21 heavy (non-hydrogen) atoms. The lowest BCUT2D eigenvalue weighted by Gasteiger charge is -2.34. The molecule has 1 aliphatic rings. The summed E-state index contributed by atoms with van der Waals surface area (Å²) in [5, 5.41) is 10.0. The molecule has 0 aliphatic carbocycles. The highest BCUT2D eigenvalue weighted by atomic mass is 32.2. The molecule has 7 heteroatoms. The van der Waals surface area contributed by atoms with E-state index in [9.17, 15) is 8.42 Å². The Morgan fingerprint density at radius 2 is 2.24 bits per heavy atom. The van der Waals surface area contributed by atoms with Gasteiger partial charge in [-0.1, -0.05) is 26.7 Å². The van der Waals surface area contributed by atoms with Crippen LogP contribution in [0.3, 0.4) is 0 Å². The fourth-order valence-corrected chi connectivity index (χ4v) is 4.77. The Morgan fingerprint density at radius 3 is 2.95 bits per heavy atom. The third kappa shape index (κ3) is 3.64. The van der Waals surface area contributed by atoms with E-state index in [1.165, 1.54) is 0 Å². The second-order valence-electron chi connectivity index (χ2n) is 5.56. The maximum atomic E-state index is 12.9. The number of sulfonamides is 1. The van der Waals surface area contributed by atoms with Crippen LogP contribution < -0.4 is 5.32 Å². The monoisotopic (exact) mass is 314 g/mol. The Labute approximate surface area is 127 Å². The number of hydrogen-bond acceptors (Lipinski definition) is 4. The van der Waals surface area contributed by atoms with Crippen molar-refractivity contribution in [2.75, 3.05) is 13.1 Å². The number of rotatable bonds is 7. The van der Waals surface area contributed by atoms with Gasteiger partial charge in [0.15, 0.2) is 5.03 Å². The standard InChI is InChI=1S/C14H26N4O2S/c1-3-7-13-8-5-6-9-18(13)21(19,20)14-12(10-15-4-2)11-16-17-14/h11,13,15H,3-10H2,1-2H3,(H,16,17). The van der Waals surface area contributed by atoms with Gasteiger partial charge in [-0.15, -0.1) is 0 Å². The second-order valence-corrected chi connectivity index (χ2v) is 7.39. The summed E-state index contributed by atoms with van der Waals surface area (Å²) in [4.78, 5) is 0. The average Bonchev–Trinajstić information content (AvgIpc) is 2.95. The van der Waals surface area contributed by atoms with E-state index in [2.05, 4.69) is 22.4 Å². The van der Waals surface area contributed by atoms with Crippen LogP contribution in [0.15, 0.2) is 11.2 Å². The predicted octanol–water partition coefficient (Wildman–Crippen LogP) is 1.86. The fraction of sp³-hybridized carbons (Fsp3) is 0.786. The topological polar surface area (TPSA) is 78.1 Å². The van der Waals surface area contributed by atoms with Crippen LogP contribution in [0.5, 0.6) is 0 Å². The van der Waals surface area contributed by atoms with Crippen LogP contribution in [0.4, 0.5) is 0 Å². The molecule has 0 saturated carbocycles. The number of nitrogens with one attached hydrogen (secondary N) is 2. The molecular weight excluding hydrogens is 288 g/mol. The number of nitrogens with zero attached hydrogens (tertiary/aromatic N) is 2. The lowest BCUT2D eigenvalue weighted by atomic mass is 10.0. The molecule has 6 nitrogen and oxygen atoms in total. The van der Waals surface area contributed by atoms with E-state index in [0.29, 0.717) is 13.1 Å². The summed E-state index contributed by atoms with van der Waals surface area (Å²) < 4.78 is 27.6. The van der Waals surface area contributed by atoms with Gasteiger partial charge >= 0.3 is 0 Å². The van der Waals surface area contributed by atoms with E-state index in [1.54, 1.807) is 10.5 Å². The number of piperidine rings is 1. The molecule has 0 bridgehead atoms. The lowest BCUT2D eigenvalue weighted by Crippen LogP contribution is -2.44. The molecule has 1 saturated heterocycles. The zero-order valence-electron chi connectivity index (χ0n) is 12.9. The number of aromatic nitrogens is 2. The zero-order chi connectivity index (χ0) is 15.3. The maximum Gasteiger partial charge on any atom is 0.260 e. The zero-order valence-corrected chi connectivity index (χ0v) is 13.7. The summed E-state index contributed by atoms with van der Waals surface area (Å²) in [7, 11) is -3.48. The number of hydrogen-bond donors (Lipinski definition) is 2. The van der Waals surface area contributed by atoms with Gasteiger partial charge in [0.2, 0.25) is 0 Å². The molecule has 0 radical (unpaired) electrons. The number of H-pyrrole nitrogens is 1. The highest BCUT2D eigenvalue weighted by Crippen LogP contribution is 2.28. The van der Waals surface area contributed by atoms with E-state index in [0.717, 1.165) is 44.2 Å². The minimum Gasteiger partial charge on any atom is -0.313 e. The maximum absolute atomic E-state index is 12.9. The van der Waals surface area contributed by atoms with Crippen LogP contribution in [0.1, 0.15) is 51.5 Å². The highest BCUT2D eigenvalue weighted by molar-refractivity contribution is 7.89. The molecule has 0 aromatic carbocycles. The van der Waals surface area contributed by atoms with Gasteiger partial charge in [-0.2, -0.15) is 9.40 Å². The third-order valence-electron chi connectivity index (χ3n) is 4.01. The molecule has 0 spiro atoms. The van der Waals surface area contributed by atoms with E-state index >= 15 is 0 Å². The first kappa shape index (κ1) is 16.5. The molecule has 2 rings (SSSR count). The van der Waals surface area contributed by atoms with Crippen molar-refractivity contribution >= 4 is 10.0 Å². The van der Waals surface area contributed by atoms with E-state index in [4.69, 9.17) is 0 Å². The molecular formula is C14H26N4O2S. The first-order chi connectivity index (χ1) is 10.1. The van der Waals surface area contributed by atoms with Gasteiger partial charge in [0.1, 0.15) is 0 Å². The first-order valence-electron chi connectivity index (χ1n) is 7.86. The van der Waals surface area contributed by atoms with Gasteiger partial charge in [-0.05, 0) is 25.8 Å².